The molecule has 0 amide bonds. The highest BCUT2D eigenvalue weighted by Crippen LogP contribution is 2.77. The SMILES string of the molecule is COc1ccc2c(c1)CC[C@@H]1[C@@H]2CC[C@@]2(C)[C@]13C[CH+][C@@]2(O)CC3. The van der Waals surface area contributed by atoms with Gasteiger partial charge in [0.25, 0.3) is 0 Å². The van der Waals surface area contributed by atoms with Crippen LogP contribution in [0.1, 0.15) is 62.5 Å². The lowest BCUT2D eigenvalue weighted by Gasteiger charge is -2.54. The maximum Gasteiger partial charge on any atom is 0.210 e. The summed E-state index contributed by atoms with van der Waals surface area (Å²) in [4.78, 5) is 0. The van der Waals surface area contributed by atoms with Crippen molar-refractivity contribution in [3.8, 4) is 5.75 Å². The van der Waals surface area contributed by atoms with Crippen molar-refractivity contribution in [1.29, 1.82) is 0 Å². The minimum Gasteiger partial charge on any atom is -0.497 e. The molecule has 0 saturated heterocycles. The quantitative estimate of drug-likeness (QED) is 0.785. The third-order valence-electron chi connectivity index (χ3n) is 8.44. The molecule has 0 aromatic heterocycles. The summed E-state index contributed by atoms with van der Waals surface area (Å²) < 4.78 is 5.42. The zero-order valence-corrected chi connectivity index (χ0v) is 14.3. The number of fused-ring (bicyclic) bond motifs is 3. The maximum absolute atomic E-state index is 11.2. The summed E-state index contributed by atoms with van der Waals surface area (Å²) in [5.74, 6) is 2.42. The lowest BCUT2D eigenvalue weighted by atomic mass is 9.48. The smallest absolute Gasteiger partial charge is 0.210 e. The lowest BCUT2D eigenvalue weighted by Crippen LogP contribution is -2.51. The minimum atomic E-state index is -0.488. The van der Waals surface area contributed by atoms with Crippen molar-refractivity contribution in [2.45, 2.75) is 63.4 Å². The highest BCUT2D eigenvalue weighted by Gasteiger charge is 2.79. The van der Waals surface area contributed by atoms with Gasteiger partial charge in [0, 0.05) is 17.3 Å². The molecule has 23 heavy (non-hydrogen) atoms. The minimum absolute atomic E-state index is 0.116. The Balaban J connectivity index is 1.59. The molecule has 0 spiro atoms. The Morgan fingerprint density at radius 1 is 1.22 bits per heavy atom. The number of aryl methyl sites for hydroxylation is 1. The largest absolute Gasteiger partial charge is 0.497 e. The van der Waals surface area contributed by atoms with Crippen molar-refractivity contribution in [2.24, 2.45) is 16.7 Å². The Morgan fingerprint density at radius 3 is 2.83 bits per heavy atom. The van der Waals surface area contributed by atoms with E-state index in [1.54, 1.807) is 12.7 Å². The van der Waals surface area contributed by atoms with Crippen molar-refractivity contribution in [3.05, 3.63) is 35.7 Å². The summed E-state index contributed by atoms with van der Waals surface area (Å²) in [6.07, 6.45) is 10.5. The zero-order chi connectivity index (χ0) is 15.9. The second-order valence-corrected chi connectivity index (χ2v) is 8.68. The average Bonchev–Trinajstić information content (AvgIpc) is 2.95. The monoisotopic (exact) mass is 311 g/mol. The second kappa shape index (κ2) is 4.27. The predicted octanol–water partition coefficient (Wildman–Crippen LogP) is 4.26. The lowest BCUT2D eigenvalue weighted by molar-refractivity contribution is -0.0940. The van der Waals surface area contributed by atoms with Crippen LogP contribution in [0.3, 0.4) is 0 Å². The molecule has 0 radical (unpaired) electrons. The molecule has 3 saturated carbocycles. The predicted molar refractivity (Wildman–Crippen MR) is 90.4 cm³/mol. The van der Waals surface area contributed by atoms with Gasteiger partial charge in [-0.15, -0.1) is 0 Å². The fourth-order valence-electron chi connectivity index (χ4n) is 7.09. The van der Waals surface area contributed by atoms with Crippen LogP contribution in [0.4, 0.5) is 0 Å². The third-order valence-corrected chi connectivity index (χ3v) is 8.44. The Labute approximate surface area is 139 Å². The summed E-state index contributed by atoms with van der Waals surface area (Å²) in [5, 5.41) is 11.2. The highest BCUT2D eigenvalue weighted by atomic mass is 16.5. The summed E-state index contributed by atoms with van der Waals surface area (Å²) in [7, 11) is 1.76. The zero-order valence-electron chi connectivity index (χ0n) is 14.3. The van der Waals surface area contributed by atoms with E-state index in [1.165, 1.54) is 37.7 Å². The molecule has 0 aliphatic heterocycles. The van der Waals surface area contributed by atoms with Crippen LogP contribution in [0.25, 0.3) is 0 Å². The van der Waals surface area contributed by atoms with Gasteiger partial charge in [0.15, 0.2) is 0 Å². The Hall–Kier alpha value is -1.15. The molecule has 122 valence electrons. The van der Waals surface area contributed by atoms with Crippen LogP contribution >= 0.6 is 0 Å². The van der Waals surface area contributed by atoms with E-state index in [0.717, 1.165) is 24.5 Å². The van der Waals surface area contributed by atoms with Crippen molar-refractivity contribution in [3.63, 3.8) is 0 Å². The molecule has 4 aliphatic rings. The van der Waals surface area contributed by atoms with Crippen molar-refractivity contribution in [2.75, 3.05) is 7.11 Å². The summed E-state index contributed by atoms with van der Waals surface area (Å²) in [6, 6.07) is 6.71. The number of aliphatic hydroxyl groups is 1. The molecule has 1 aromatic carbocycles. The van der Waals surface area contributed by atoms with Gasteiger partial charge >= 0.3 is 0 Å². The molecule has 2 bridgehead atoms. The van der Waals surface area contributed by atoms with Crippen LogP contribution in [-0.4, -0.2) is 17.8 Å². The van der Waals surface area contributed by atoms with Crippen LogP contribution in [0.15, 0.2) is 18.2 Å². The van der Waals surface area contributed by atoms with E-state index >= 15 is 0 Å². The van der Waals surface area contributed by atoms with Crippen LogP contribution in [0, 0.1) is 23.2 Å². The number of hydrogen-bond acceptors (Lipinski definition) is 2. The molecule has 2 nitrogen and oxygen atoms in total. The molecule has 1 N–H and O–H groups in total. The number of methoxy groups -OCH3 is 1. The third kappa shape index (κ3) is 1.48. The van der Waals surface area contributed by atoms with Crippen molar-refractivity contribution >= 4 is 0 Å². The van der Waals surface area contributed by atoms with Crippen LogP contribution in [0.2, 0.25) is 0 Å². The summed E-state index contributed by atoms with van der Waals surface area (Å²) in [6.45, 7) is 2.39. The van der Waals surface area contributed by atoms with Gasteiger partial charge in [-0.1, -0.05) is 13.0 Å². The van der Waals surface area contributed by atoms with Crippen LogP contribution in [-0.2, 0) is 6.42 Å². The van der Waals surface area contributed by atoms with E-state index < -0.39 is 5.60 Å². The molecular weight excluding hydrogens is 284 g/mol. The first-order valence-electron chi connectivity index (χ1n) is 9.27. The van der Waals surface area contributed by atoms with Gasteiger partial charge < -0.3 is 9.84 Å². The van der Waals surface area contributed by atoms with E-state index in [-0.39, 0.29) is 5.41 Å². The first kappa shape index (κ1) is 14.2. The molecule has 1 aromatic rings. The fourth-order valence-corrected chi connectivity index (χ4v) is 7.09. The molecule has 3 fully saturated rings. The normalized spacial score (nSPS) is 46.6. The van der Waals surface area contributed by atoms with Gasteiger partial charge in [-0.05, 0) is 67.2 Å². The number of rotatable bonds is 1. The summed E-state index contributed by atoms with van der Waals surface area (Å²) >= 11 is 0. The molecule has 2 heteroatoms. The molecule has 5 atom stereocenters. The Bertz CT molecular complexity index is 656. The maximum atomic E-state index is 11.2. The van der Waals surface area contributed by atoms with Gasteiger partial charge in [-0.25, -0.2) is 0 Å². The number of benzene rings is 1. The molecule has 0 heterocycles. The Kier molecular flexibility index (Phi) is 2.64. The topological polar surface area (TPSA) is 29.5 Å². The first-order valence-corrected chi connectivity index (χ1v) is 9.27. The molecule has 4 aliphatic carbocycles. The average molecular weight is 311 g/mol. The van der Waals surface area contributed by atoms with Gasteiger partial charge in [0.2, 0.25) is 5.60 Å². The van der Waals surface area contributed by atoms with Crippen LogP contribution < -0.4 is 4.74 Å². The second-order valence-electron chi connectivity index (χ2n) is 8.68. The first-order chi connectivity index (χ1) is 11.0. The summed E-state index contributed by atoms with van der Waals surface area (Å²) in [5.41, 5.74) is 3.05. The van der Waals surface area contributed by atoms with E-state index in [2.05, 4.69) is 31.5 Å². The number of hydrogen-bond donors (Lipinski definition) is 1. The van der Waals surface area contributed by atoms with Crippen molar-refractivity contribution < 1.29 is 9.84 Å². The van der Waals surface area contributed by atoms with Gasteiger partial charge in [0.05, 0.1) is 13.5 Å². The Morgan fingerprint density at radius 2 is 2.09 bits per heavy atom. The molecule has 0 unspecified atom stereocenters. The van der Waals surface area contributed by atoms with E-state index in [0.29, 0.717) is 11.3 Å². The van der Waals surface area contributed by atoms with Crippen molar-refractivity contribution in [1.82, 2.24) is 0 Å². The highest BCUT2D eigenvalue weighted by molar-refractivity contribution is 5.42. The van der Waals surface area contributed by atoms with Crippen LogP contribution in [0.5, 0.6) is 5.75 Å². The molecular formula is C21H27O2+. The standard InChI is InChI=1S/C21H27O2/c1-19-8-7-17-16-5-4-15(23-2)13-14(16)3-6-18(17)20(19)9-11-21(19,22)12-10-20/h4-5,11,13,17-18,22H,3,6-10,12H2,1-2H3/q+1/t17-,18-,19+,20+,21-/m1/s1. The number of ether oxygens (including phenoxy) is 1. The molecule has 5 rings (SSSR count). The van der Waals surface area contributed by atoms with Gasteiger partial charge in [-0.3, -0.25) is 0 Å². The van der Waals surface area contributed by atoms with Gasteiger partial charge in [-0.2, -0.15) is 0 Å². The van der Waals surface area contributed by atoms with E-state index in [1.807, 2.05) is 0 Å². The van der Waals surface area contributed by atoms with Gasteiger partial charge in [0.1, 0.15) is 12.2 Å². The fraction of sp³-hybridized carbons (Fsp3) is 0.667. The van der Waals surface area contributed by atoms with E-state index in [9.17, 15) is 5.11 Å². The van der Waals surface area contributed by atoms with E-state index in [4.69, 9.17) is 4.74 Å².